The number of benzene rings is 2. The van der Waals surface area contributed by atoms with Gasteiger partial charge in [-0.05, 0) is 67.6 Å². The number of hydrogen-bond donors (Lipinski definition) is 2. The molecule has 0 spiro atoms. The topological polar surface area (TPSA) is 95.6 Å². The highest BCUT2D eigenvalue weighted by atomic mass is 35.5. The molecule has 0 bridgehead atoms. The van der Waals surface area contributed by atoms with Crippen LogP contribution in [-0.2, 0) is 32.6 Å². The minimum atomic E-state index is -3.76. The number of sulfonamides is 1. The van der Waals surface area contributed by atoms with Crippen LogP contribution < -0.4 is 14.9 Å². The molecular weight excluding hydrogens is 450 g/mol. The molecule has 1 fully saturated rings. The lowest BCUT2D eigenvalue weighted by Gasteiger charge is -2.22. The van der Waals surface area contributed by atoms with Crippen molar-refractivity contribution in [3.05, 3.63) is 58.6 Å². The van der Waals surface area contributed by atoms with Crippen molar-refractivity contribution in [3.63, 3.8) is 0 Å². The van der Waals surface area contributed by atoms with Gasteiger partial charge < -0.3 is 10.2 Å². The first-order chi connectivity index (χ1) is 15.2. The zero-order valence-corrected chi connectivity index (χ0v) is 19.4. The summed E-state index contributed by atoms with van der Waals surface area (Å²) in [6, 6.07) is 12.0. The predicted molar refractivity (Wildman–Crippen MR) is 123 cm³/mol. The van der Waals surface area contributed by atoms with Gasteiger partial charge in [-0.15, -0.1) is 0 Å². The molecule has 4 rings (SSSR count). The lowest BCUT2D eigenvalue weighted by atomic mass is 10.1. The summed E-state index contributed by atoms with van der Waals surface area (Å²) in [5.41, 5.74) is 2.56. The summed E-state index contributed by atoms with van der Waals surface area (Å²) in [5, 5.41) is 3.38. The summed E-state index contributed by atoms with van der Waals surface area (Å²) in [5.74, 6) is -0.00596. The molecule has 170 valence electrons. The average molecular weight is 476 g/mol. The van der Waals surface area contributed by atoms with Crippen molar-refractivity contribution in [2.75, 3.05) is 11.4 Å². The summed E-state index contributed by atoms with van der Waals surface area (Å²) >= 11 is 5.84. The quantitative estimate of drug-likeness (QED) is 0.613. The van der Waals surface area contributed by atoms with Gasteiger partial charge in [-0.25, -0.2) is 13.1 Å². The maximum atomic E-state index is 12.7. The van der Waals surface area contributed by atoms with Crippen LogP contribution in [0.3, 0.4) is 0 Å². The van der Waals surface area contributed by atoms with Crippen molar-refractivity contribution in [3.8, 4) is 0 Å². The summed E-state index contributed by atoms with van der Waals surface area (Å²) in [6.07, 6.45) is 2.52. The number of carbonyl (C=O) groups excluding carboxylic acids is 2. The maximum absolute atomic E-state index is 12.7. The van der Waals surface area contributed by atoms with E-state index in [1.807, 2.05) is 24.0 Å². The molecule has 1 heterocycles. The summed E-state index contributed by atoms with van der Waals surface area (Å²) in [7, 11) is -3.76. The Morgan fingerprint density at radius 1 is 1.12 bits per heavy atom. The van der Waals surface area contributed by atoms with Crippen molar-refractivity contribution >= 4 is 39.1 Å². The first-order valence-electron chi connectivity index (χ1n) is 10.7. The van der Waals surface area contributed by atoms with Crippen molar-refractivity contribution in [2.24, 2.45) is 5.92 Å². The third-order valence-electron chi connectivity index (χ3n) is 5.79. The van der Waals surface area contributed by atoms with Gasteiger partial charge in [-0.1, -0.05) is 23.7 Å². The summed E-state index contributed by atoms with van der Waals surface area (Å²) in [6.45, 7) is 2.33. The van der Waals surface area contributed by atoms with Crippen LogP contribution in [0.15, 0.2) is 47.4 Å². The molecule has 1 saturated carbocycles. The second-order valence-corrected chi connectivity index (χ2v) is 10.6. The molecule has 0 aromatic heterocycles. The second kappa shape index (κ2) is 9.21. The molecule has 0 radical (unpaired) electrons. The summed E-state index contributed by atoms with van der Waals surface area (Å²) < 4.78 is 27.9. The number of anilines is 1. The van der Waals surface area contributed by atoms with E-state index in [2.05, 4.69) is 10.0 Å². The molecule has 1 aliphatic heterocycles. The van der Waals surface area contributed by atoms with Crippen molar-refractivity contribution in [1.29, 1.82) is 0 Å². The molecule has 9 heteroatoms. The monoisotopic (exact) mass is 475 g/mol. The molecular formula is C23H26ClN3O4S. The van der Waals surface area contributed by atoms with Gasteiger partial charge >= 0.3 is 0 Å². The molecule has 2 aromatic carbocycles. The van der Waals surface area contributed by atoms with Gasteiger partial charge in [0.2, 0.25) is 21.8 Å². The normalized spacial score (nSPS) is 17.8. The number of fused-ring (bicyclic) bond motifs is 1. The van der Waals surface area contributed by atoms with E-state index in [4.69, 9.17) is 11.6 Å². The van der Waals surface area contributed by atoms with Crippen LogP contribution in [0, 0.1) is 5.92 Å². The van der Waals surface area contributed by atoms with Crippen LogP contribution in [0.4, 0.5) is 5.69 Å². The molecule has 2 aromatic rings. The van der Waals surface area contributed by atoms with E-state index in [0.717, 1.165) is 29.7 Å². The lowest BCUT2D eigenvalue weighted by Crippen LogP contribution is -2.36. The fourth-order valence-electron chi connectivity index (χ4n) is 3.91. The number of nitrogens with one attached hydrogen (secondary N) is 2. The SMILES string of the molecule is CC1Cc2cc(S(=O)(=O)NCCC(=O)NCc3ccc(Cl)cc3)ccc2N1C(=O)C1CC1. The molecule has 0 saturated heterocycles. The number of halogens is 1. The zero-order valence-electron chi connectivity index (χ0n) is 17.8. The Labute approximate surface area is 193 Å². The number of hydrogen-bond acceptors (Lipinski definition) is 4. The number of rotatable bonds is 8. The number of carbonyl (C=O) groups is 2. The van der Waals surface area contributed by atoms with Crippen molar-refractivity contribution in [1.82, 2.24) is 10.0 Å². The molecule has 2 amide bonds. The predicted octanol–water partition coefficient (Wildman–Crippen LogP) is 3.01. The Kier molecular flexibility index (Phi) is 6.55. The largest absolute Gasteiger partial charge is 0.352 e. The number of nitrogens with zero attached hydrogens (tertiary/aromatic N) is 1. The van der Waals surface area contributed by atoms with E-state index in [-0.39, 0.29) is 41.6 Å². The van der Waals surface area contributed by atoms with Gasteiger partial charge in [0.05, 0.1) is 4.90 Å². The molecule has 1 aliphatic carbocycles. The van der Waals surface area contributed by atoms with Gasteiger partial charge in [-0.2, -0.15) is 0 Å². The van der Waals surface area contributed by atoms with Gasteiger partial charge in [0.25, 0.3) is 0 Å². The second-order valence-electron chi connectivity index (χ2n) is 8.38. The average Bonchev–Trinajstić information content (AvgIpc) is 3.54. The van der Waals surface area contributed by atoms with Gasteiger partial charge in [0.15, 0.2) is 0 Å². The third-order valence-corrected chi connectivity index (χ3v) is 7.50. The molecule has 2 N–H and O–H groups in total. The minimum absolute atomic E-state index is 0.00539. The van der Waals surface area contributed by atoms with E-state index in [1.54, 1.807) is 24.3 Å². The van der Waals surface area contributed by atoms with E-state index in [1.165, 1.54) is 6.07 Å². The van der Waals surface area contributed by atoms with Crippen LogP contribution in [-0.4, -0.2) is 32.8 Å². The van der Waals surface area contributed by atoms with E-state index < -0.39 is 10.0 Å². The van der Waals surface area contributed by atoms with Gasteiger partial charge in [0.1, 0.15) is 0 Å². The fraction of sp³-hybridized carbons (Fsp3) is 0.391. The highest BCUT2D eigenvalue weighted by molar-refractivity contribution is 7.89. The molecule has 1 atom stereocenters. The molecule has 1 unspecified atom stereocenters. The number of amides is 2. The van der Waals surface area contributed by atoms with Crippen molar-refractivity contribution in [2.45, 2.75) is 50.1 Å². The van der Waals surface area contributed by atoms with Crippen LogP contribution >= 0.6 is 11.6 Å². The Morgan fingerprint density at radius 2 is 1.84 bits per heavy atom. The van der Waals surface area contributed by atoms with Crippen LogP contribution in [0.2, 0.25) is 5.02 Å². The van der Waals surface area contributed by atoms with Gasteiger partial charge in [0, 0.05) is 42.2 Å². The van der Waals surface area contributed by atoms with Gasteiger partial charge in [-0.3, -0.25) is 9.59 Å². The fourth-order valence-corrected chi connectivity index (χ4v) is 5.12. The van der Waals surface area contributed by atoms with Crippen LogP contribution in [0.1, 0.15) is 37.3 Å². The highest BCUT2D eigenvalue weighted by Gasteiger charge is 2.39. The van der Waals surface area contributed by atoms with Crippen molar-refractivity contribution < 1.29 is 18.0 Å². The molecule has 2 aliphatic rings. The standard InChI is InChI=1S/C23H26ClN3O4S/c1-15-12-18-13-20(8-9-21(18)27(15)23(29)17-4-5-17)32(30,31)26-11-10-22(28)25-14-16-2-6-19(24)7-3-16/h2-3,6-9,13,15,17,26H,4-5,10-12,14H2,1H3,(H,25,28). The molecule has 7 nitrogen and oxygen atoms in total. The van der Waals surface area contributed by atoms with Crippen LogP contribution in [0.5, 0.6) is 0 Å². The summed E-state index contributed by atoms with van der Waals surface area (Å²) in [4.78, 5) is 26.6. The first-order valence-corrected chi connectivity index (χ1v) is 12.6. The first kappa shape index (κ1) is 22.8. The highest BCUT2D eigenvalue weighted by Crippen LogP contribution is 2.39. The molecule has 32 heavy (non-hydrogen) atoms. The Hall–Kier alpha value is -2.42. The smallest absolute Gasteiger partial charge is 0.240 e. The maximum Gasteiger partial charge on any atom is 0.240 e. The Morgan fingerprint density at radius 3 is 2.53 bits per heavy atom. The van der Waals surface area contributed by atoms with E-state index in [0.29, 0.717) is 18.0 Å². The van der Waals surface area contributed by atoms with E-state index >= 15 is 0 Å². The third kappa shape index (κ3) is 5.14. The Bertz CT molecular complexity index is 1130. The van der Waals surface area contributed by atoms with E-state index in [9.17, 15) is 18.0 Å². The minimum Gasteiger partial charge on any atom is -0.352 e. The van der Waals surface area contributed by atoms with Crippen LogP contribution in [0.25, 0.3) is 0 Å². The Balaban J connectivity index is 1.32. The zero-order chi connectivity index (χ0) is 22.9. The lowest BCUT2D eigenvalue weighted by molar-refractivity contribution is -0.121.